The van der Waals surface area contributed by atoms with E-state index in [0.29, 0.717) is 19.6 Å². The largest absolute Gasteiger partial charge is 0.378 e. The van der Waals surface area contributed by atoms with Crippen molar-refractivity contribution < 1.29 is 14.3 Å². The van der Waals surface area contributed by atoms with Gasteiger partial charge in [0.1, 0.15) is 0 Å². The van der Waals surface area contributed by atoms with E-state index in [2.05, 4.69) is 15.5 Å². The van der Waals surface area contributed by atoms with Crippen LogP contribution in [0.4, 0.5) is 16.2 Å². The lowest BCUT2D eigenvalue weighted by atomic mass is 10.1. The molecule has 1 aromatic rings. The van der Waals surface area contributed by atoms with Crippen LogP contribution in [0.3, 0.4) is 0 Å². The number of carbonyl (C=O) groups is 2. The van der Waals surface area contributed by atoms with E-state index in [1.165, 1.54) is 19.3 Å². The monoisotopic (exact) mass is 386 g/mol. The average molecular weight is 386 g/mol. The molecule has 7 heteroatoms. The lowest BCUT2D eigenvalue weighted by Crippen LogP contribution is -2.53. The Morgan fingerprint density at radius 3 is 2.64 bits per heavy atom. The summed E-state index contributed by atoms with van der Waals surface area (Å²) in [7, 11) is 0. The third-order valence-corrected chi connectivity index (χ3v) is 6.05. The number of carbonyl (C=O) groups excluding carboxylic acids is 2. The summed E-state index contributed by atoms with van der Waals surface area (Å²) in [6.45, 7) is 6.16. The zero-order valence-corrected chi connectivity index (χ0v) is 16.6. The molecule has 3 fully saturated rings. The van der Waals surface area contributed by atoms with E-state index in [4.69, 9.17) is 4.74 Å². The maximum Gasteiger partial charge on any atom is 0.319 e. The summed E-state index contributed by atoms with van der Waals surface area (Å²) in [4.78, 5) is 28.8. The van der Waals surface area contributed by atoms with Crippen molar-refractivity contribution in [3.63, 3.8) is 0 Å². The van der Waals surface area contributed by atoms with Gasteiger partial charge in [-0.2, -0.15) is 0 Å². The van der Waals surface area contributed by atoms with Gasteiger partial charge in [0, 0.05) is 24.3 Å². The van der Waals surface area contributed by atoms with Gasteiger partial charge in [-0.25, -0.2) is 4.79 Å². The van der Waals surface area contributed by atoms with Gasteiger partial charge in [0.2, 0.25) is 5.91 Å². The molecule has 0 spiro atoms. The quantitative estimate of drug-likeness (QED) is 0.834. The first-order valence-electron chi connectivity index (χ1n) is 10.4. The van der Waals surface area contributed by atoms with Crippen molar-refractivity contribution >= 4 is 23.3 Å². The van der Waals surface area contributed by atoms with Crippen LogP contribution in [0.15, 0.2) is 18.2 Å². The van der Waals surface area contributed by atoms with Gasteiger partial charge >= 0.3 is 6.03 Å². The van der Waals surface area contributed by atoms with Crippen molar-refractivity contribution in [2.24, 2.45) is 0 Å². The smallest absolute Gasteiger partial charge is 0.319 e. The Hall–Kier alpha value is -2.12. The molecule has 1 aromatic carbocycles. The highest BCUT2D eigenvalue weighted by Gasteiger charge is 2.34. The van der Waals surface area contributed by atoms with E-state index < -0.39 is 0 Å². The van der Waals surface area contributed by atoms with Crippen molar-refractivity contribution in [2.45, 2.75) is 51.1 Å². The molecular weight excluding hydrogens is 356 g/mol. The van der Waals surface area contributed by atoms with Gasteiger partial charge in [0.05, 0.1) is 25.3 Å². The summed E-state index contributed by atoms with van der Waals surface area (Å²) in [6.07, 6.45) is 5.26. The van der Waals surface area contributed by atoms with Gasteiger partial charge in [-0.1, -0.05) is 6.42 Å². The predicted molar refractivity (Wildman–Crippen MR) is 109 cm³/mol. The van der Waals surface area contributed by atoms with E-state index in [-0.39, 0.29) is 24.0 Å². The highest BCUT2D eigenvalue weighted by atomic mass is 16.5. The average Bonchev–Trinajstić information content (AvgIpc) is 3.31. The standard InChI is InChI=1S/C21H30N4O3/c1-15-12-16(7-8-18(15)25-11-5-6-20(25)26)22-21(27)23-17-13-28-14-19(17)24-9-3-2-4-10-24/h7-8,12,17,19H,2-6,9-11,13-14H2,1H3,(H2,22,23,27)/t17-,19-/m0/s1. The lowest BCUT2D eigenvalue weighted by Gasteiger charge is -2.34. The predicted octanol–water partition coefficient (Wildman–Crippen LogP) is 2.50. The van der Waals surface area contributed by atoms with Gasteiger partial charge in [-0.05, 0) is 63.0 Å². The van der Waals surface area contributed by atoms with Crippen molar-refractivity contribution in [2.75, 3.05) is 43.1 Å². The summed E-state index contributed by atoms with van der Waals surface area (Å²) in [5.74, 6) is 0.173. The van der Waals surface area contributed by atoms with Crippen LogP contribution in [0.1, 0.15) is 37.7 Å². The number of anilines is 2. The van der Waals surface area contributed by atoms with Crippen molar-refractivity contribution in [1.82, 2.24) is 10.2 Å². The van der Waals surface area contributed by atoms with Crippen LogP contribution in [-0.2, 0) is 9.53 Å². The molecule has 0 saturated carbocycles. The molecule has 3 saturated heterocycles. The molecular formula is C21H30N4O3. The minimum atomic E-state index is -0.207. The van der Waals surface area contributed by atoms with E-state index in [9.17, 15) is 9.59 Å². The molecule has 2 atom stereocenters. The zero-order valence-electron chi connectivity index (χ0n) is 16.6. The Morgan fingerprint density at radius 1 is 1.11 bits per heavy atom. The zero-order chi connectivity index (χ0) is 19.5. The number of hydrogen-bond acceptors (Lipinski definition) is 4. The highest BCUT2D eigenvalue weighted by molar-refractivity contribution is 5.96. The van der Waals surface area contributed by atoms with Crippen LogP contribution in [0.25, 0.3) is 0 Å². The first kappa shape index (κ1) is 19.2. The molecule has 3 amide bonds. The molecule has 0 bridgehead atoms. The summed E-state index contributed by atoms with van der Waals surface area (Å²) in [5, 5.41) is 6.02. The number of piperidine rings is 1. The number of likely N-dealkylation sites (tertiary alicyclic amines) is 1. The number of ether oxygens (including phenoxy) is 1. The molecule has 0 aliphatic carbocycles. The Bertz CT molecular complexity index is 732. The summed E-state index contributed by atoms with van der Waals surface area (Å²) in [6, 6.07) is 5.77. The SMILES string of the molecule is Cc1cc(NC(=O)N[C@H]2COC[C@@H]2N2CCCCC2)ccc1N1CCCC1=O. The van der Waals surface area contributed by atoms with Crippen LogP contribution in [0, 0.1) is 6.92 Å². The number of amides is 3. The van der Waals surface area contributed by atoms with Gasteiger partial charge in [0.25, 0.3) is 0 Å². The molecule has 0 radical (unpaired) electrons. The summed E-state index contributed by atoms with van der Waals surface area (Å²) < 4.78 is 5.65. The molecule has 3 heterocycles. The minimum absolute atomic E-state index is 0.0145. The third kappa shape index (κ3) is 4.15. The fourth-order valence-electron chi connectivity index (χ4n) is 4.57. The molecule has 3 aliphatic rings. The fourth-order valence-corrected chi connectivity index (χ4v) is 4.57. The van der Waals surface area contributed by atoms with Gasteiger partial charge in [-0.3, -0.25) is 9.69 Å². The second-order valence-electron chi connectivity index (χ2n) is 8.06. The topological polar surface area (TPSA) is 73.9 Å². The number of aryl methyl sites for hydroxylation is 1. The van der Waals surface area contributed by atoms with Crippen LogP contribution in [0.5, 0.6) is 0 Å². The first-order chi connectivity index (χ1) is 13.6. The maximum atomic E-state index is 12.5. The number of rotatable bonds is 4. The Labute approximate surface area is 166 Å². The van der Waals surface area contributed by atoms with Crippen LogP contribution in [-0.4, -0.2) is 61.8 Å². The number of hydrogen-bond donors (Lipinski definition) is 2. The minimum Gasteiger partial charge on any atom is -0.378 e. The van der Waals surface area contributed by atoms with Crippen molar-refractivity contribution in [3.05, 3.63) is 23.8 Å². The Kier molecular flexibility index (Phi) is 5.82. The lowest BCUT2D eigenvalue weighted by molar-refractivity contribution is -0.117. The Morgan fingerprint density at radius 2 is 1.93 bits per heavy atom. The molecule has 0 aromatic heterocycles. The second kappa shape index (κ2) is 8.49. The molecule has 3 aliphatic heterocycles. The summed E-state index contributed by atoms with van der Waals surface area (Å²) >= 11 is 0. The number of urea groups is 1. The van der Waals surface area contributed by atoms with Crippen LogP contribution < -0.4 is 15.5 Å². The maximum absolute atomic E-state index is 12.5. The normalized spacial score (nSPS) is 25.9. The molecule has 4 rings (SSSR count). The molecule has 0 unspecified atom stereocenters. The van der Waals surface area contributed by atoms with Crippen molar-refractivity contribution in [1.29, 1.82) is 0 Å². The van der Waals surface area contributed by atoms with Gasteiger partial charge in [-0.15, -0.1) is 0 Å². The number of nitrogens with zero attached hydrogens (tertiary/aromatic N) is 2. The first-order valence-corrected chi connectivity index (χ1v) is 10.4. The van der Waals surface area contributed by atoms with E-state index >= 15 is 0 Å². The third-order valence-electron chi connectivity index (χ3n) is 6.05. The van der Waals surface area contributed by atoms with E-state index in [1.54, 1.807) is 0 Å². The molecule has 28 heavy (non-hydrogen) atoms. The molecule has 2 N–H and O–H groups in total. The Balaban J connectivity index is 1.35. The van der Waals surface area contributed by atoms with Crippen LogP contribution >= 0.6 is 0 Å². The number of nitrogens with one attached hydrogen (secondary N) is 2. The number of benzene rings is 1. The molecule has 7 nitrogen and oxygen atoms in total. The van der Waals surface area contributed by atoms with E-state index in [1.807, 2.05) is 30.0 Å². The van der Waals surface area contributed by atoms with Gasteiger partial charge < -0.3 is 20.3 Å². The second-order valence-corrected chi connectivity index (χ2v) is 8.06. The summed E-state index contributed by atoms with van der Waals surface area (Å²) in [5.41, 5.74) is 2.66. The van der Waals surface area contributed by atoms with Crippen LogP contribution in [0.2, 0.25) is 0 Å². The molecule has 152 valence electrons. The van der Waals surface area contributed by atoms with Gasteiger partial charge in [0.15, 0.2) is 0 Å². The van der Waals surface area contributed by atoms with Crippen molar-refractivity contribution in [3.8, 4) is 0 Å². The fraction of sp³-hybridized carbons (Fsp3) is 0.619. The van der Waals surface area contributed by atoms with E-state index in [0.717, 1.165) is 43.0 Å². The highest BCUT2D eigenvalue weighted by Crippen LogP contribution is 2.27.